The van der Waals surface area contributed by atoms with Crippen LogP contribution in [-0.2, 0) is 9.53 Å². The summed E-state index contributed by atoms with van der Waals surface area (Å²) in [7, 11) is 0. The number of carbonyl (C=O) groups is 1. The number of ether oxygens (including phenoxy) is 1. The lowest BCUT2D eigenvalue weighted by atomic mass is 10.1. The summed E-state index contributed by atoms with van der Waals surface area (Å²) in [5.41, 5.74) is 0. The van der Waals surface area contributed by atoms with Gasteiger partial charge < -0.3 is 4.74 Å². The van der Waals surface area contributed by atoms with Crippen LogP contribution >= 0.6 is 0 Å². The van der Waals surface area contributed by atoms with Crippen LogP contribution in [0.2, 0.25) is 0 Å². The fourth-order valence-corrected chi connectivity index (χ4v) is 1.50. The van der Waals surface area contributed by atoms with Crippen LogP contribution in [0.4, 0.5) is 0 Å². The summed E-state index contributed by atoms with van der Waals surface area (Å²) >= 11 is 0. The van der Waals surface area contributed by atoms with Gasteiger partial charge in [-0.25, -0.2) is 0 Å². The molecule has 0 aliphatic rings. The van der Waals surface area contributed by atoms with Gasteiger partial charge in [-0.05, 0) is 32.1 Å². The molecule has 0 aliphatic carbocycles. The first-order valence-electron chi connectivity index (χ1n) is 6.55. The lowest BCUT2D eigenvalue weighted by Gasteiger charge is -1.99. The Morgan fingerprint density at radius 3 is 2.19 bits per heavy atom. The molecule has 0 saturated carbocycles. The standard InChI is InChI=1S/C14H26O2/c1-3-4-5-6-7-8-9-10-11-12-13-16-14(2)15/h8-9H,3-7,10-13H2,1-2H3/b9-8+. The summed E-state index contributed by atoms with van der Waals surface area (Å²) < 4.78 is 4.85. The minimum Gasteiger partial charge on any atom is -0.466 e. The molecule has 0 saturated heterocycles. The van der Waals surface area contributed by atoms with Crippen molar-refractivity contribution in [2.75, 3.05) is 6.61 Å². The Kier molecular flexibility index (Phi) is 11.7. The van der Waals surface area contributed by atoms with Gasteiger partial charge in [-0.2, -0.15) is 0 Å². The number of carbonyl (C=O) groups excluding carboxylic acids is 1. The van der Waals surface area contributed by atoms with E-state index in [1.165, 1.54) is 39.0 Å². The van der Waals surface area contributed by atoms with E-state index in [4.69, 9.17) is 4.74 Å². The quantitative estimate of drug-likeness (QED) is 0.316. The van der Waals surface area contributed by atoms with E-state index in [9.17, 15) is 4.79 Å². The third kappa shape index (κ3) is 13.2. The Morgan fingerprint density at radius 2 is 1.62 bits per heavy atom. The summed E-state index contributed by atoms with van der Waals surface area (Å²) in [6, 6.07) is 0. The Hall–Kier alpha value is -0.790. The van der Waals surface area contributed by atoms with E-state index in [0.29, 0.717) is 6.61 Å². The highest BCUT2D eigenvalue weighted by molar-refractivity contribution is 5.65. The smallest absolute Gasteiger partial charge is 0.302 e. The highest BCUT2D eigenvalue weighted by Gasteiger charge is 1.91. The van der Waals surface area contributed by atoms with E-state index in [-0.39, 0.29) is 5.97 Å². The van der Waals surface area contributed by atoms with Crippen LogP contribution in [-0.4, -0.2) is 12.6 Å². The van der Waals surface area contributed by atoms with Gasteiger partial charge in [-0.3, -0.25) is 4.79 Å². The third-order valence-corrected chi connectivity index (χ3v) is 2.46. The number of allylic oxidation sites excluding steroid dienone is 2. The molecule has 0 amide bonds. The number of unbranched alkanes of at least 4 members (excludes halogenated alkanes) is 6. The SMILES string of the molecule is CCCCCC/C=C/CCCCOC(C)=O. The van der Waals surface area contributed by atoms with Crippen LogP contribution in [0.3, 0.4) is 0 Å². The van der Waals surface area contributed by atoms with Crippen molar-refractivity contribution in [2.45, 2.75) is 65.2 Å². The van der Waals surface area contributed by atoms with E-state index >= 15 is 0 Å². The molecule has 0 aromatic carbocycles. The summed E-state index contributed by atoms with van der Waals surface area (Å²) in [5, 5.41) is 0. The predicted octanol–water partition coefficient (Wildman–Crippen LogP) is 4.25. The first-order chi connectivity index (χ1) is 7.77. The van der Waals surface area contributed by atoms with E-state index in [1.807, 2.05) is 0 Å². The van der Waals surface area contributed by atoms with Crippen molar-refractivity contribution < 1.29 is 9.53 Å². The molecule has 2 heteroatoms. The zero-order chi connectivity index (χ0) is 12.1. The second-order valence-corrected chi connectivity index (χ2v) is 4.16. The lowest BCUT2D eigenvalue weighted by molar-refractivity contribution is -0.141. The molecule has 0 fully saturated rings. The molecule has 0 spiro atoms. The molecule has 0 bridgehead atoms. The number of hydrogen-bond acceptors (Lipinski definition) is 2. The molecule has 16 heavy (non-hydrogen) atoms. The van der Waals surface area contributed by atoms with Crippen LogP contribution in [0.5, 0.6) is 0 Å². The van der Waals surface area contributed by atoms with Gasteiger partial charge in [0, 0.05) is 6.92 Å². The predicted molar refractivity (Wildman–Crippen MR) is 68.4 cm³/mol. The highest BCUT2D eigenvalue weighted by atomic mass is 16.5. The molecule has 94 valence electrons. The second kappa shape index (κ2) is 12.3. The molecule has 0 aromatic rings. The van der Waals surface area contributed by atoms with Crippen molar-refractivity contribution in [3.8, 4) is 0 Å². The lowest BCUT2D eigenvalue weighted by Crippen LogP contribution is -1.99. The van der Waals surface area contributed by atoms with Gasteiger partial charge in [0.25, 0.3) is 0 Å². The van der Waals surface area contributed by atoms with Gasteiger partial charge in [0.1, 0.15) is 0 Å². The maximum atomic E-state index is 10.5. The average molecular weight is 226 g/mol. The van der Waals surface area contributed by atoms with E-state index in [1.54, 1.807) is 0 Å². The Labute approximate surface area is 100 Å². The zero-order valence-electron chi connectivity index (χ0n) is 10.8. The maximum absolute atomic E-state index is 10.5. The fourth-order valence-electron chi connectivity index (χ4n) is 1.50. The molecule has 0 radical (unpaired) electrons. The Morgan fingerprint density at radius 1 is 1.00 bits per heavy atom. The van der Waals surface area contributed by atoms with Gasteiger partial charge in [-0.15, -0.1) is 0 Å². The molecule has 0 aliphatic heterocycles. The monoisotopic (exact) mass is 226 g/mol. The highest BCUT2D eigenvalue weighted by Crippen LogP contribution is 2.04. The number of hydrogen-bond donors (Lipinski definition) is 0. The van der Waals surface area contributed by atoms with Crippen molar-refractivity contribution in [3.63, 3.8) is 0 Å². The average Bonchev–Trinajstić information content (AvgIpc) is 2.25. The van der Waals surface area contributed by atoms with E-state index < -0.39 is 0 Å². The van der Waals surface area contributed by atoms with Gasteiger partial charge >= 0.3 is 5.97 Å². The number of rotatable bonds is 10. The summed E-state index contributed by atoms with van der Waals surface area (Å²) in [5.74, 6) is -0.175. The van der Waals surface area contributed by atoms with Crippen LogP contribution in [0.15, 0.2) is 12.2 Å². The van der Waals surface area contributed by atoms with Crippen molar-refractivity contribution in [3.05, 3.63) is 12.2 Å². The minimum absolute atomic E-state index is 0.175. The molecule has 2 nitrogen and oxygen atoms in total. The summed E-state index contributed by atoms with van der Waals surface area (Å²) in [6.45, 7) is 4.26. The Balaban J connectivity index is 3.06. The van der Waals surface area contributed by atoms with Gasteiger partial charge in [-0.1, -0.05) is 38.3 Å². The second-order valence-electron chi connectivity index (χ2n) is 4.16. The fraction of sp³-hybridized carbons (Fsp3) is 0.786. The zero-order valence-corrected chi connectivity index (χ0v) is 10.8. The molecule has 0 aromatic heterocycles. The largest absolute Gasteiger partial charge is 0.466 e. The molecule has 0 rings (SSSR count). The molecular weight excluding hydrogens is 200 g/mol. The van der Waals surface area contributed by atoms with E-state index in [0.717, 1.165) is 19.3 Å². The maximum Gasteiger partial charge on any atom is 0.302 e. The normalized spacial score (nSPS) is 10.9. The Bertz CT molecular complexity index is 185. The van der Waals surface area contributed by atoms with E-state index in [2.05, 4.69) is 19.1 Å². The van der Waals surface area contributed by atoms with Gasteiger partial charge in [0.05, 0.1) is 6.61 Å². The van der Waals surface area contributed by atoms with Crippen molar-refractivity contribution >= 4 is 5.97 Å². The molecule has 0 heterocycles. The summed E-state index contributed by atoms with van der Waals surface area (Å²) in [6.07, 6.45) is 14.3. The topological polar surface area (TPSA) is 26.3 Å². The van der Waals surface area contributed by atoms with Crippen LogP contribution < -0.4 is 0 Å². The van der Waals surface area contributed by atoms with Gasteiger partial charge in [0.15, 0.2) is 0 Å². The van der Waals surface area contributed by atoms with Crippen LogP contribution in [0.1, 0.15) is 65.2 Å². The number of esters is 1. The first kappa shape index (κ1) is 15.2. The van der Waals surface area contributed by atoms with Crippen LogP contribution in [0.25, 0.3) is 0 Å². The molecule has 0 N–H and O–H groups in total. The van der Waals surface area contributed by atoms with Crippen molar-refractivity contribution in [1.82, 2.24) is 0 Å². The summed E-state index contributed by atoms with van der Waals surface area (Å²) in [4.78, 5) is 10.5. The van der Waals surface area contributed by atoms with Crippen molar-refractivity contribution in [1.29, 1.82) is 0 Å². The molecule has 0 atom stereocenters. The van der Waals surface area contributed by atoms with Crippen LogP contribution in [0, 0.1) is 0 Å². The van der Waals surface area contributed by atoms with Crippen molar-refractivity contribution in [2.24, 2.45) is 0 Å². The molecule has 0 unspecified atom stereocenters. The first-order valence-corrected chi connectivity index (χ1v) is 6.55. The third-order valence-electron chi connectivity index (χ3n) is 2.46. The van der Waals surface area contributed by atoms with Gasteiger partial charge in [0.2, 0.25) is 0 Å². The molecular formula is C14H26O2. The minimum atomic E-state index is -0.175.